The highest BCUT2D eigenvalue weighted by Crippen LogP contribution is 2.51. The quantitative estimate of drug-likeness (QED) is 0.170. The van der Waals surface area contributed by atoms with Gasteiger partial charge in [-0.2, -0.15) is 16.8 Å². The predicted octanol–water partition coefficient (Wildman–Crippen LogP) is 7.33. The summed E-state index contributed by atoms with van der Waals surface area (Å²) in [5, 5.41) is 2.35. The second-order valence-corrected chi connectivity index (χ2v) is 15.9. The molecule has 0 fully saturated rings. The van der Waals surface area contributed by atoms with Crippen molar-refractivity contribution in [2.75, 3.05) is 0 Å². The van der Waals surface area contributed by atoms with Crippen molar-refractivity contribution in [3.63, 3.8) is 0 Å². The zero-order valence-corrected chi connectivity index (χ0v) is 29.0. The molecule has 248 valence electrons. The minimum absolute atomic E-state index is 0.000112. The van der Waals surface area contributed by atoms with Gasteiger partial charge in [0, 0.05) is 21.9 Å². The highest BCUT2D eigenvalue weighted by molar-refractivity contribution is 7.87. The summed E-state index contributed by atoms with van der Waals surface area (Å²) < 4.78 is 69.3. The summed E-state index contributed by atoms with van der Waals surface area (Å²) in [4.78, 5) is -0.0157. The molecule has 2 bridgehead atoms. The molecule has 6 aromatic carbocycles. The SMILES string of the molecule is C=C1/C(OS(=O)(=O)c2ccc(C)cc2)=c2/cc3ccccc3c/c2=C(\OS(=O)(=O)c2ccc(C)cc2)C2c3ccccc3C1c1ccccc12. The molecule has 0 spiro atoms. The highest BCUT2D eigenvalue weighted by Gasteiger charge is 2.41. The lowest BCUT2D eigenvalue weighted by atomic mass is 9.70. The van der Waals surface area contributed by atoms with Crippen LogP contribution >= 0.6 is 0 Å². The van der Waals surface area contributed by atoms with Crippen molar-refractivity contribution in [2.45, 2.75) is 35.5 Å². The zero-order chi connectivity index (χ0) is 34.8. The van der Waals surface area contributed by atoms with E-state index >= 15 is 0 Å². The Morgan fingerprint density at radius 2 is 0.900 bits per heavy atom. The second-order valence-electron chi connectivity index (χ2n) is 12.8. The maximum atomic E-state index is 14.3. The number of benzene rings is 6. The summed E-state index contributed by atoms with van der Waals surface area (Å²) in [7, 11) is -8.77. The molecule has 6 nitrogen and oxygen atoms in total. The maximum Gasteiger partial charge on any atom is 0.339 e. The van der Waals surface area contributed by atoms with Gasteiger partial charge in [0.05, 0.1) is 5.92 Å². The average Bonchev–Trinajstić information content (AvgIpc) is 3.16. The lowest BCUT2D eigenvalue weighted by Crippen LogP contribution is -2.33. The molecule has 0 heterocycles. The van der Waals surface area contributed by atoms with Crippen LogP contribution in [-0.4, -0.2) is 16.8 Å². The first kappa shape index (κ1) is 31.8. The van der Waals surface area contributed by atoms with E-state index < -0.39 is 32.1 Å². The van der Waals surface area contributed by atoms with Crippen LogP contribution in [0.2, 0.25) is 0 Å². The Bertz CT molecular complexity index is 2670. The maximum absolute atomic E-state index is 14.3. The van der Waals surface area contributed by atoms with Gasteiger partial charge in [-0.15, -0.1) is 0 Å². The Balaban J connectivity index is 1.54. The molecule has 0 amide bonds. The summed E-state index contributed by atoms with van der Waals surface area (Å²) in [6.45, 7) is 8.30. The van der Waals surface area contributed by atoms with Crippen molar-refractivity contribution in [3.8, 4) is 0 Å². The Morgan fingerprint density at radius 3 is 1.38 bits per heavy atom. The summed E-state index contributed by atoms with van der Waals surface area (Å²) >= 11 is 0. The van der Waals surface area contributed by atoms with E-state index in [1.165, 1.54) is 24.3 Å². The van der Waals surface area contributed by atoms with E-state index in [2.05, 4.69) is 6.58 Å². The third kappa shape index (κ3) is 5.32. The van der Waals surface area contributed by atoms with Crippen LogP contribution in [0.3, 0.4) is 0 Å². The summed E-state index contributed by atoms with van der Waals surface area (Å²) in [6.07, 6.45) is 0. The third-order valence-corrected chi connectivity index (χ3v) is 12.0. The minimum atomic E-state index is -4.38. The number of hydrogen-bond donors (Lipinski definition) is 0. The van der Waals surface area contributed by atoms with Gasteiger partial charge in [0.1, 0.15) is 15.6 Å². The molecular formula is C42H32O6S2. The lowest BCUT2D eigenvalue weighted by Gasteiger charge is -2.35. The molecule has 50 heavy (non-hydrogen) atoms. The zero-order valence-electron chi connectivity index (χ0n) is 27.3. The molecule has 0 saturated carbocycles. The van der Waals surface area contributed by atoms with E-state index in [4.69, 9.17) is 8.37 Å². The van der Waals surface area contributed by atoms with Crippen molar-refractivity contribution in [2.24, 2.45) is 0 Å². The van der Waals surface area contributed by atoms with Gasteiger partial charge in [0.2, 0.25) is 0 Å². The fourth-order valence-corrected chi connectivity index (χ4v) is 9.05. The van der Waals surface area contributed by atoms with Crippen LogP contribution in [0.4, 0.5) is 0 Å². The smallest absolute Gasteiger partial charge is 0.339 e. The molecule has 0 aromatic heterocycles. The average molecular weight is 697 g/mol. The standard InChI is InChI=1S/C42H32O6S2/c1-26-16-20-31(21-17-26)49(43,44)47-41-28(3)39-33-12-6-8-14-35(33)40(36-15-9-7-13-34(36)39)42(48-50(45,46)32-22-18-27(2)19-23-32)38-25-30-11-5-4-10-29(30)24-37(38)41/h4-25,39-40H,3H2,1-2H3/b41-37+,42-38+. The predicted molar refractivity (Wildman–Crippen MR) is 195 cm³/mol. The largest absolute Gasteiger partial charge is 0.382 e. The second kappa shape index (κ2) is 11.9. The van der Waals surface area contributed by atoms with Crippen molar-refractivity contribution < 1.29 is 25.2 Å². The van der Waals surface area contributed by atoms with Crippen LogP contribution in [0, 0.1) is 13.8 Å². The van der Waals surface area contributed by atoms with Crippen LogP contribution < -0.4 is 10.4 Å². The van der Waals surface area contributed by atoms with Crippen LogP contribution in [0.1, 0.15) is 45.2 Å². The first-order valence-electron chi connectivity index (χ1n) is 16.2. The summed E-state index contributed by atoms with van der Waals surface area (Å²) in [6, 6.07) is 39.8. The van der Waals surface area contributed by atoms with Gasteiger partial charge in [-0.25, -0.2) is 0 Å². The van der Waals surface area contributed by atoms with Gasteiger partial charge in [-0.05, 0) is 83.3 Å². The Labute approximate surface area is 291 Å². The van der Waals surface area contributed by atoms with Crippen LogP contribution in [0.5, 0.6) is 0 Å². The molecule has 0 radical (unpaired) electrons. The van der Waals surface area contributed by atoms with Crippen molar-refractivity contribution in [1.29, 1.82) is 0 Å². The highest BCUT2D eigenvalue weighted by atomic mass is 32.2. The fraction of sp³-hybridized carbons (Fsp3) is 0.0952. The van der Waals surface area contributed by atoms with Gasteiger partial charge < -0.3 is 8.37 Å². The third-order valence-electron chi connectivity index (χ3n) is 9.55. The molecule has 2 aliphatic rings. The van der Waals surface area contributed by atoms with Crippen LogP contribution in [0.25, 0.3) is 22.3 Å². The molecule has 0 unspecified atom stereocenters. The van der Waals surface area contributed by atoms with E-state index in [0.717, 1.165) is 44.2 Å². The number of hydrogen-bond acceptors (Lipinski definition) is 6. The van der Waals surface area contributed by atoms with Crippen molar-refractivity contribution in [1.82, 2.24) is 0 Å². The molecule has 2 aliphatic carbocycles. The van der Waals surface area contributed by atoms with Gasteiger partial charge in [-0.3, -0.25) is 0 Å². The molecule has 6 aromatic rings. The number of fused-ring (bicyclic) bond motifs is 5. The molecule has 0 saturated heterocycles. The van der Waals surface area contributed by atoms with Crippen molar-refractivity contribution >= 4 is 42.5 Å². The topological polar surface area (TPSA) is 86.7 Å². The van der Waals surface area contributed by atoms with Gasteiger partial charge in [-0.1, -0.05) is 115 Å². The van der Waals surface area contributed by atoms with Gasteiger partial charge >= 0.3 is 20.2 Å². The minimum Gasteiger partial charge on any atom is -0.382 e. The number of rotatable bonds is 6. The molecular weight excluding hydrogens is 665 g/mol. The van der Waals surface area contributed by atoms with E-state index in [-0.39, 0.29) is 21.3 Å². The Hall–Kier alpha value is -5.44. The molecule has 8 heteroatoms. The normalized spacial score (nSPS) is 19.0. The summed E-state index contributed by atoms with van der Waals surface area (Å²) in [5.41, 5.74) is 5.57. The fourth-order valence-electron chi connectivity index (χ4n) is 7.08. The summed E-state index contributed by atoms with van der Waals surface area (Å²) in [5.74, 6) is -1.03. The van der Waals surface area contributed by atoms with E-state index in [9.17, 15) is 16.8 Å². The van der Waals surface area contributed by atoms with Crippen molar-refractivity contribution in [3.05, 3.63) is 189 Å². The van der Waals surface area contributed by atoms with Crippen LogP contribution in [0.15, 0.2) is 155 Å². The van der Waals surface area contributed by atoms with E-state index in [0.29, 0.717) is 16.0 Å². The monoisotopic (exact) mass is 696 g/mol. The first-order valence-corrected chi connectivity index (χ1v) is 19.0. The number of aryl methyl sites for hydroxylation is 2. The molecule has 8 rings (SSSR count). The van der Waals surface area contributed by atoms with E-state index in [1.54, 1.807) is 24.3 Å². The van der Waals surface area contributed by atoms with Crippen LogP contribution in [-0.2, 0) is 28.6 Å². The molecule has 0 N–H and O–H groups in total. The Morgan fingerprint density at radius 1 is 0.500 bits per heavy atom. The van der Waals surface area contributed by atoms with E-state index in [1.807, 2.05) is 98.8 Å². The Kier molecular flexibility index (Phi) is 7.55. The first-order chi connectivity index (χ1) is 24.0. The lowest BCUT2D eigenvalue weighted by molar-refractivity contribution is 0.442. The van der Waals surface area contributed by atoms with Gasteiger partial charge in [0.25, 0.3) is 0 Å². The molecule has 0 atom stereocenters. The van der Waals surface area contributed by atoms with Gasteiger partial charge in [0.15, 0.2) is 5.76 Å². The molecule has 0 aliphatic heterocycles.